The van der Waals surface area contributed by atoms with Gasteiger partial charge in [-0.15, -0.1) is 0 Å². The number of hydrogen-bond acceptors (Lipinski definition) is 5. The molecule has 2 aliphatic rings. The Morgan fingerprint density at radius 1 is 1.00 bits per heavy atom. The number of phenolic OH excluding ortho intramolecular Hbond substituents is 1. The van der Waals surface area contributed by atoms with Crippen molar-refractivity contribution in [2.24, 2.45) is 5.41 Å². The number of nitrogens with zero attached hydrogens (tertiary/aromatic N) is 3. The number of piperazine rings is 1. The van der Waals surface area contributed by atoms with E-state index in [-0.39, 0.29) is 46.6 Å². The lowest BCUT2D eigenvalue weighted by molar-refractivity contribution is -0.138. The summed E-state index contributed by atoms with van der Waals surface area (Å²) < 4.78 is 0.0854. The summed E-state index contributed by atoms with van der Waals surface area (Å²) in [7, 11) is 0. The number of aromatic nitrogens is 1. The molecule has 0 atom stereocenters. The van der Waals surface area contributed by atoms with Crippen LogP contribution in [0.5, 0.6) is 5.75 Å². The number of fused-ring (bicyclic) bond motifs is 1. The Bertz CT molecular complexity index is 1230. The topological polar surface area (TPSA) is 97.0 Å². The van der Waals surface area contributed by atoms with Crippen LogP contribution in [-0.2, 0) is 32.6 Å². The van der Waals surface area contributed by atoms with Gasteiger partial charge in [0.2, 0.25) is 10.9 Å². The van der Waals surface area contributed by atoms with Crippen LogP contribution in [0.25, 0.3) is 10.9 Å². The van der Waals surface area contributed by atoms with E-state index in [4.69, 9.17) is 0 Å². The molecule has 3 amide bonds. The summed E-state index contributed by atoms with van der Waals surface area (Å²) in [5, 5.41) is 13.3. The molecule has 2 N–H and O–H groups in total. The maximum absolute atomic E-state index is 12.8. The number of rotatable bonds is 6. The van der Waals surface area contributed by atoms with Crippen LogP contribution in [-0.4, -0.2) is 75.1 Å². The molecule has 1 saturated heterocycles. The molecule has 200 valence electrons. The summed E-state index contributed by atoms with van der Waals surface area (Å²) in [5.41, 5.74) is 3.15. The van der Waals surface area contributed by atoms with Gasteiger partial charge < -0.3 is 19.9 Å². The molecule has 8 nitrogen and oxygen atoms in total. The SMILES string of the molecule is CC(C)(C)Cc1c([SH+]C(C)(C)C)[nH]c2c(N3CCN(C(=O)CCN4C(=O)C=CC4=O)CC3)c(O)ccc12. The predicted molar refractivity (Wildman–Crippen MR) is 149 cm³/mol. The second-order valence-corrected chi connectivity index (χ2v) is 14.1. The van der Waals surface area contributed by atoms with Crippen molar-refractivity contribution in [2.45, 2.75) is 64.2 Å². The molecule has 37 heavy (non-hydrogen) atoms. The minimum atomic E-state index is -0.367. The van der Waals surface area contributed by atoms with Gasteiger partial charge in [-0.25, -0.2) is 0 Å². The molecule has 9 heteroatoms. The van der Waals surface area contributed by atoms with Crippen molar-refractivity contribution >= 4 is 46.1 Å². The highest BCUT2D eigenvalue weighted by Crippen LogP contribution is 2.41. The fourth-order valence-electron chi connectivity index (χ4n) is 4.94. The Balaban J connectivity index is 1.52. The van der Waals surface area contributed by atoms with Crippen LogP contribution in [0, 0.1) is 5.41 Å². The number of aromatic hydroxyl groups is 1. The van der Waals surface area contributed by atoms with Gasteiger partial charge in [-0.1, -0.05) is 20.8 Å². The number of phenols is 1. The average molecular weight is 528 g/mol. The van der Waals surface area contributed by atoms with Crippen molar-refractivity contribution in [1.29, 1.82) is 0 Å². The highest BCUT2D eigenvalue weighted by Gasteiger charge is 2.32. The second-order valence-electron chi connectivity index (χ2n) is 12.1. The maximum Gasteiger partial charge on any atom is 0.253 e. The van der Waals surface area contributed by atoms with Crippen LogP contribution in [0.3, 0.4) is 0 Å². The minimum absolute atomic E-state index is 0.0758. The molecule has 0 saturated carbocycles. The predicted octanol–water partition coefficient (Wildman–Crippen LogP) is 3.40. The third kappa shape index (κ3) is 6.14. The van der Waals surface area contributed by atoms with Crippen LogP contribution in [0.2, 0.25) is 0 Å². The maximum atomic E-state index is 12.8. The number of thiol groups is 1. The van der Waals surface area contributed by atoms with Gasteiger partial charge in [0.05, 0.1) is 5.52 Å². The van der Waals surface area contributed by atoms with Gasteiger partial charge in [0.15, 0.2) is 0 Å². The molecular weight excluding hydrogens is 488 g/mol. The Hall–Kier alpha value is -2.94. The summed E-state index contributed by atoms with van der Waals surface area (Å²) in [6.45, 7) is 15.7. The third-order valence-corrected chi connectivity index (χ3v) is 7.84. The first-order valence-corrected chi connectivity index (χ1v) is 13.8. The lowest BCUT2D eigenvalue weighted by Crippen LogP contribution is -2.49. The summed E-state index contributed by atoms with van der Waals surface area (Å²) in [6.07, 6.45) is 3.51. The molecule has 0 radical (unpaired) electrons. The van der Waals surface area contributed by atoms with Crippen molar-refractivity contribution in [3.63, 3.8) is 0 Å². The van der Waals surface area contributed by atoms with Gasteiger partial charge in [-0.05, 0) is 44.7 Å². The number of imide groups is 1. The first-order chi connectivity index (χ1) is 17.2. The Morgan fingerprint density at radius 3 is 2.19 bits per heavy atom. The molecule has 1 aromatic carbocycles. The lowest BCUT2D eigenvalue weighted by atomic mass is 9.88. The number of carbonyl (C=O) groups excluding carboxylic acids is 3. The zero-order chi connectivity index (χ0) is 27.1. The van der Waals surface area contributed by atoms with Crippen molar-refractivity contribution in [1.82, 2.24) is 14.8 Å². The fourth-order valence-corrected chi connectivity index (χ4v) is 6.11. The molecule has 2 aliphatic heterocycles. The van der Waals surface area contributed by atoms with Gasteiger partial charge >= 0.3 is 0 Å². The fraction of sp³-hybridized carbons (Fsp3) is 0.536. The Labute approximate surface area is 223 Å². The molecule has 3 heterocycles. The number of amides is 3. The van der Waals surface area contributed by atoms with E-state index in [1.165, 1.54) is 34.5 Å². The van der Waals surface area contributed by atoms with Crippen molar-refractivity contribution < 1.29 is 19.5 Å². The number of benzene rings is 1. The number of H-pyrrole nitrogens is 1. The smallest absolute Gasteiger partial charge is 0.253 e. The molecule has 0 unspecified atom stereocenters. The standard InChI is InChI=1S/C28H38N4O4S/c1-27(2,3)17-19-18-7-8-20(33)25(24(18)29-26(19)37-28(4,5)6)31-15-13-30(14-16-31)21(34)11-12-32-22(35)9-10-23(32)36/h7-10,29,33H,11-17H2,1-6H3/p+1. The van der Waals surface area contributed by atoms with Gasteiger partial charge in [-0.2, -0.15) is 0 Å². The van der Waals surface area contributed by atoms with Crippen LogP contribution < -0.4 is 4.90 Å². The van der Waals surface area contributed by atoms with Crippen LogP contribution >= 0.6 is 0 Å². The lowest BCUT2D eigenvalue weighted by Gasteiger charge is -2.36. The summed E-state index contributed by atoms with van der Waals surface area (Å²) in [6, 6.07) is 3.80. The number of carbonyl (C=O) groups is 3. The van der Waals surface area contributed by atoms with E-state index >= 15 is 0 Å². The van der Waals surface area contributed by atoms with E-state index in [2.05, 4.69) is 51.4 Å². The van der Waals surface area contributed by atoms with Crippen LogP contribution in [0.4, 0.5) is 5.69 Å². The molecule has 0 aliphatic carbocycles. The van der Waals surface area contributed by atoms with Gasteiger partial charge in [-0.3, -0.25) is 19.3 Å². The van der Waals surface area contributed by atoms with E-state index in [0.29, 0.717) is 26.2 Å². The van der Waals surface area contributed by atoms with Gasteiger partial charge in [0.25, 0.3) is 11.8 Å². The van der Waals surface area contributed by atoms with Gasteiger partial charge in [0.1, 0.15) is 16.2 Å². The van der Waals surface area contributed by atoms with Crippen molar-refractivity contribution in [2.75, 3.05) is 37.6 Å². The first-order valence-electron chi connectivity index (χ1n) is 12.9. The number of nitrogens with one attached hydrogen (secondary N) is 1. The highest BCUT2D eigenvalue weighted by molar-refractivity contribution is 7.80. The molecular formula is C28H39N4O4S+. The highest BCUT2D eigenvalue weighted by atomic mass is 32.2. The number of anilines is 1. The monoisotopic (exact) mass is 527 g/mol. The third-order valence-electron chi connectivity index (χ3n) is 6.56. The average Bonchev–Trinajstić information content (AvgIpc) is 3.28. The van der Waals surface area contributed by atoms with E-state index < -0.39 is 0 Å². The molecule has 0 spiro atoms. The van der Waals surface area contributed by atoms with E-state index in [9.17, 15) is 19.5 Å². The van der Waals surface area contributed by atoms with Crippen molar-refractivity contribution in [3.05, 3.63) is 29.8 Å². The van der Waals surface area contributed by atoms with E-state index in [0.717, 1.165) is 27.9 Å². The van der Waals surface area contributed by atoms with Gasteiger partial charge in [0, 0.05) is 74.0 Å². The van der Waals surface area contributed by atoms with Crippen molar-refractivity contribution in [3.8, 4) is 5.75 Å². The molecule has 2 aromatic rings. The summed E-state index contributed by atoms with van der Waals surface area (Å²) in [4.78, 5) is 45.0. The summed E-state index contributed by atoms with van der Waals surface area (Å²) >= 11 is 1.21. The normalized spacial score (nSPS) is 17.0. The van der Waals surface area contributed by atoms with Crippen LogP contribution in [0.15, 0.2) is 29.3 Å². The second kappa shape index (κ2) is 10.1. The molecule has 4 rings (SSSR count). The van der Waals surface area contributed by atoms with E-state index in [1.54, 1.807) is 11.0 Å². The number of aromatic amines is 1. The number of hydrogen-bond donors (Lipinski definition) is 2. The Kier molecular flexibility index (Phi) is 7.38. The van der Waals surface area contributed by atoms with E-state index in [1.807, 2.05) is 6.07 Å². The van der Waals surface area contributed by atoms with Crippen LogP contribution in [0.1, 0.15) is 53.5 Å². The Morgan fingerprint density at radius 2 is 1.62 bits per heavy atom. The quantitative estimate of drug-likeness (QED) is 0.341. The largest absolute Gasteiger partial charge is 0.506 e. The summed E-state index contributed by atoms with van der Waals surface area (Å²) in [5.74, 6) is -0.581. The molecule has 0 bridgehead atoms. The minimum Gasteiger partial charge on any atom is -0.506 e. The zero-order valence-corrected chi connectivity index (χ0v) is 23.6. The first kappa shape index (κ1) is 27.1. The molecule has 1 aromatic heterocycles. The zero-order valence-electron chi connectivity index (χ0n) is 22.7. The molecule has 1 fully saturated rings.